The van der Waals surface area contributed by atoms with Crippen molar-refractivity contribution in [3.8, 4) is 0 Å². The number of nitro benzene ring substituents is 1. The minimum Gasteiger partial charge on any atom is -0.348 e. The molecule has 29 heavy (non-hydrogen) atoms. The Morgan fingerprint density at radius 1 is 1.10 bits per heavy atom. The molecule has 0 radical (unpaired) electrons. The third kappa shape index (κ3) is 5.32. The summed E-state index contributed by atoms with van der Waals surface area (Å²) in [6.07, 6.45) is 0.971. The molecule has 9 heteroatoms. The first-order valence-electron chi connectivity index (χ1n) is 9.03. The molecule has 2 rings (SSSR count). The highest BCUT2D eigenvalue weighted by molar-refractivity contribution is 7.92. The lowest BCUT2D eigenvalue weighted by atomic mass is 10.1. The van der Waals surface area contributed by atoms with Crippen LogP contribution in [-0.2, 0) is 14.8 Å². The maximum absolute atomic E-state index is 12.8. The SMILES string of the molecule is Cc1ccc([C@H](C)NC(=O)[C@H](C)N(c2cc([N+](=O)[O-])ccc2C)S(C)(=O)=O)cc1. The molecule has 0 aliphatic heterocycles. The van der Waals surface area contributed by atoms with Gasteiger partial charge in [-0.2, -0.15) is 0 Å². The van der Waals surface area contributed by atoms with Crippen molar-refractivity contribution < 1.29 is 18.1 Å². The first kappa shape index (κ1) is 22.4. The van der Waals surface area contributed by atoms with Gasteiger partial charge in [-0.15, -0.1) is 0 Å². The number of hydrogen-bond donors (Lipinski definition) is 1. The van der Waals surface area contributed by atoms with Crippen molar-refractivity contribution in [3.63, 3.8) is 0 Å². The van der Waals surface area contributed by atoms with Crippen LogP contribution in [0.15, 0.2) is 42.5 Å². The Morgan fingerprint density at radius 2 is 1.69 bits per heavy atom. The molecule has 1 N–H and O–H groups in total. The molecule has 156 valence electrons. The second-order valence-corrected chi connectivity index (χ2v) is 8.96. The van der Waals surface area contributed by atoms with Crippen LogP contribution in [0.1, 0.15) is 36.6 Å². The molecule has 2 atom stereocenters. The van der Waals surface area contributed by atoms with Crippen molar-refractivity contribution in [2.24, 2.45) is 0 Å². The van der Waals surface area contributed by atoms with Gasteiger partial charge in [-0.25, -0.2) is 8.42 Å². The van der Waals surface area contributed by atoms with E-state index in [1.54, 1.807) is 13.8 Å². The standard InChI is InChI=1S/C20H25N3O5S/c1-13-6-9-17(10-7-13)15(3)21-20(24)16(4)22(29(5,27)28)19-12-18(23(25)26)11-8-14(19)2/h6-12,15-16H,1-5H3,(H,21,24)/t15-,16-/m0/s1. The molecule has 0 bridgehead atoms. The summed E-state index contributed by atoms with van der Waals surface area (Å²) in [5.74, 6) is -0.505. The number of sulfonamides is 1. The molecule has 1 amide bonds. The summed E-state index contributed by atoms with van der Waals surface area (Å²) in [4.78, 5) is 23.4. The smallest absolute Gasteiger partial charge is 0.271 e. The summed E-state index contributed by atoms with van der Waals surface area (Å²) in [6.45, 7) is 6.85. The third-order valence-electron chi connectivity index (χ3n) is 4.67. The van der Waals surface area contributed by atoms with Crippen molar-refractivity contribution in [1.82, 2.24) is 5.32 Å². The Labute approximate surface area is 170 Å². The molecule has 0 unspecified atom stereocenters. The van der Waals surface area contributed by atoms with E-state index in [1.165, 1.54) is 25.1 Å². The zero-order chi connectivity index (χ0) is 21.9. The van der Waals surface area contributed by atoms with Crippen LogP contribution < -0.4 is 9.62 Å². The van der Waals surface area contributed by atoms with Gasteiger partial charge in [-0.05, 0) is 38.8 Å². The van der Waals surface area contributed by atoms with Gasteiger partial charge in [0, 0.05) is 12.1 Å². The second-order valence-electron chi connectivity index (χ2n) is 7.10. The minimum absolute atomic E-state index is 0.104. The van der Waals surface area contributed by atoms with E-state index in [2.05, 4.69) is 5.32 Å². The summed E-state index contributed by atoms with van der Waals surface area (Å²) < 4.78 is 25.9. The third-order valence-corrected chi connectivity index (χ3v) is 5.89. The zero-order valence-corrected chi connectivity index (χ0v) is 17.9. The van der Waals surface area contributed by atoms with Crippen LogP contribution in [0, 0.1) is 24.0 Å². The first-order chi connectivity index (χ1) is 13.4. The lowest BCUT2D eigenvalue weighted by Gasteiger charge is -2.30. The number of nitrogens with zero attached hydrogens (tertiary/aromatic N) is 2. The van der Waals surface area contributed by atoms with Gasteiger partial charge in [0.05, 0.1) is 22.9 Å². The van der Waals surface area contributed by atoms with Crippen LogP contribution in [0.3, 0.4) is 0 Å². The van der Waals surface area contributed by atoms with Crippen molar-refractivity contribution in [2.75, 3.05) is 10.6 Å². The summed E-state index contributed by atoms with van der Waals surface area (Å²) in [5.41, 5.74) is 2.33. The van der Waals surface area contributed by atoms with E-state index in [4.69, 9.17) is 0 Å². The zero-order valence-electron chi connectivity index (χ0n) is 17.0. The molecule has 2 aromatic rings. The molecule has 0 spiro atoms. The fourth-order valence-corrected chi connectivity index (χ4v) is 4.23. The number of non-ortho nitro benzene ring substituents is 1. The highest BCUT2D eigenvalue weighted by atomic mass is 32.2. The molecule has 0 aliphatic carbocycles. The Morgan fingerprint density at radius 3 is 2.21 bits per heavy atom. The molecule has 0 aromatic heterocycles. The van der Waals surface area contributed by atoms with Crippen LogP contribution in [0.4, 0.5) is 11.4 Å². The Hall–Kier alpha value is -2.94. The van der Waals surface area contributed by atoms with Gasteiger partial charge >= 0.3 is 0 Å². The molecule has 0 saturated carbocycles. The number of carbonyl (C=O) groups excluding carboxylic acids is 1. The lowest BCUT2D eigenvalue weighted by Crippen LogP contribution is -2.48. The fraction of sp³-hybridized carbons (Fsp3) is 0.350. The highest BCUT2D eigenvalue weighted by Gasteiger charge is 2.31. The number of benzene rings is 2. The fourth-order valence-electron chi connectivity index (χ4n) is 3.00. The van der Waals surface area contributed by atoms with Gasteiger partial charge in [0.1, 0.15) is 6.04 Å². The maximum Gasteiger partial charge on any atom is 0.271 e. The second kappa shape index (κ2) is 8.60. The van der Waals surface area contributed by atoms with Gasteiger partial charge in [-0.1, -0.05) is 35.9 Å². The van der Waals surface area contributed by atoms with Crippen molar-refractivity contribution in [2.45, 2.75) is 39.8 Å². The number of hydrogen-bond acceptors (Lipinski definition) is 5. The first-order valence-corrected chi connectivity index (χ1v) is 10.9. The maximum atomic E-state index is 12.8. The molecule has 0 heterocycles. The molecular weight excluding hydrogens is 394 g/mol. The Bertz CT molecular complexity index is 1020. The van der Waals surface area contributed by atoms with Gasteiger partial charge in [0.25, 0.3) is 5.69 Å². The largest absolute Gasteiger partial charge is 0.348 e. The van der Waals surface area contributed by atoms with Crippen LogP contribution in [0.25, 0.3) is 0 Å². The lowest BCUT2D eigenvalue weighted by molar-refractivity contribution is -0.384. The van der Waals surface area contributed by atoms with Gasteiger partial charge in [-0.3, -0.25) is 19.2 Å². The van der Waals surface area contributed by atoms with E-state index < -0.39 is 26.9 Å². The van der Waals surface area contributed by atoms with Gasteiger partial charge < -0.3 is 5.32 Å². The average Bonchev–Trinajstić information content (AvgIpc) is 2.62. The number of aryl methyl sites for hydroxylation is 2. The highest BCUT2D eigenvalue weighted by Crippen LogP contribution is 2.29. The van der Waals surface area contributed by atoms with Crippen molar-refractivity contribution in [1.29, 1.82) is 0 Å². The Kier molecular flexibility index (Phi) is 6.63. The number of rotatable bonds is 7. The predicted molar refractivity (Wildman–Crippen MR) is 112 cm³/mol. The van der Waals surface area contributed by atoms with Crippen LogP contribution in [0.2, 0.25) is 0 Å². The molecule has 0 fully saturated rings. The van der Waals surface area contributed by atoms with Crippen LogP contribution in [-0.4, -0.2) is 31.5 Å². The van der Waals surface area contributed by atoms with E-state index in [-0.39, 0.29) is 17.4 Å². The Balaban J connectivity index is 2.36. The quantitative estimate of drug-likeness (QED) is 0.547. The molecule has 0 aliphatic rings. The topological polar surface area (TPSA) is 110 Å². The number of anilines is 1. The van der Waals surface area contributed by atoms with E-state index in [9.17, 15) is 23.3 Å². The molecule has 8 nitrogen and oxygen atoms in total. The number of nitro groups is 1. The summed E-state index contributed by atoms with van der Waals surface area (Å²) in [6, 6.07) is 10.1. The van der Waals surface area contributed by atoms with Crippen LogP contribution in [0.5, 0.6) is 0 Å². The molecule has 0 saturated heterocycles. The monoisotopic (exact) mass is 419 g/mol. The van der Waals surface area contributed by atoms with E-state index >= 15 is 0 Å². The molecular formula is C20H25N3O5S. The minimum atomic E-state index is -3.88. The van der Waals surface area contributed by atoms with Gasteiger partial charge in [0.2, 0.25) is 15.9 Å². The van der Waals surface area contributed by atoms with E-state index in [0.29, 0.717) is 5.56 Å². The number of amides is 1. The van der Waals surface area contributed by atoms with E-state index in [1.807, 2.05) is 31.2 Å². The summed E-state index contributed by atoms with van der Waals surface area (Å²) in [5, 5.41) is 13.9. The van der Waals surface area contributed by atoms with Gasteiger partial charge in [0.15, 0.2) is 0 Å². The predicted octanol–water partition coefficient (Wildman–Crippen LogP) is 3.24. The number of carbonyl (C=O) groups is 1. The van der Waals surface area contributed by atoms with E-state index in [0.717, 1.165) is 21.7 Å². The van der Waals surface area contributed by atoms with Crippen molar-refractivity contribution in [3.05, 3.63) is 69.3 Å². The number of nitrogens with one attached hydrogen (secondary N) is 1. The summed E-state index contributed by atoms with van der Waals surface area (Å²) >= 11 is 0. The normalized spacial score (nSPS) is 13.4. The van der Waals surface area contributed by atoms with Crippen LogP contribution >= 0.6 is 0 Å². The van der Waals surface area contributed by atoms with Crippen molar-refractivity contribution >= 4 is 27.3 Å². The average molecular weight is 420 g/mol. The molecule has 2 aromatic carbocycles. The summed E-state index contributed by atoms with van der Waals surface area (Å²) in [7, 11) is -3.88.